The number of hydrazine groups is 1. The number of likely N-dealkylation sites (tertiary alicyclic amines) is 1. The Bertz CT molecular complexity index is 573. The first-order chi connectivity index (χ1) is 12.5. The van der Waals surface area contributed by atoms with Crippen molar-refractivity contribution in [1.82, 2.24) is 21.1 Å². The number of nitrogens with one attached hydrogen (secondary N) is 3. The number of piperidine rings is 1. The van der Waals surface area contributed by atoms with E-state index in [1.54, 1.807) is 0 Å². The van der Waals surface area contributed by atoms with Gasteiger partial charge in [0, 0.05) is 18.6 Å². The lowest BCUT2D eigenvalue weighted by Gasteiger charge is -2.40. The Morgan fingerprint density at radius 3 is 2.38 bits per heavy atom. The van der Waals surface area contributed by atoms with Gasteiger partial charge in [-0.1, -0.05) is 30.3 Å². The van der Waals surface area contributed by atoms with Crippen molar-refractivity contribution in [3.05, 3.63) is 35.9 Å². The van der Waals surface area contributed by atoms with Crippen molar-refractivity contribution in [3.63, 3.8) is 0 Å². The number of carbonyl (C=O) groups excluding carboxylic acids is 1. The lowest BCUT2D eigenvalue weighted by atomic mass is 9.72. The van der Waals surface area contributed by atoms with Gasteiger partial charge in [-0.15, -0.1) is 0 Å². The van der Waals surface area contributed by atoms with Crippen LogP contribution in [0.2, 0.25) is 0 Å². The minimum atomic E-state index is -0.370. The van der Waals surface area contributed by atoms with Crippen LogP contribution in [0.15, 0.2) is 30.3 Å². The summed E-state index contributed by atoms with van der Waals surface area (Å²) in [6.45, 7) is 7.15. The monoisotopic (exact) mass is 358 g/mol. The van der Waals surface area contributed by atoms with Crippen LogP contribution in [0.3, 0.4) is 0 Å². The average molecular weight is 359 g/mol. The Balaban J connectivity index is 1.58. The maximum atomic E-state index is 13.2. The zero-order valence-electron chi connectivity index (χ0n) is 16.4. The number of rotatable bonds is 6. The van der Waals surface area contributed by atoms with Crippen LogP contribution in [-0.2, 0) is 10.2 Å². The standard InChI is InChI=1S/C21H34N4O/c1-16-19(17(2)24-23-16)10-7-13-22-20(26)21(11-14-25(3)15-12-21)18-8-5-4-6-9-18/h4-6,8-9,16-17,19,23-24H,7,10-15H2,1-3H3,(H,22,26). The van der Waals surface area contributed by atoms with Gasteiger partial charge in [-0.3, -0.25) is 15.6 Å². The molecule has 26 heavy (non-hydrogen) atoms. The minimum Gasteiger partial charge on any atom is -0.355 e. The number of amides is 1. The topological polar surface area (TPSA) is 56.4 Å². The number of hydrogen-bond acceptors (Lipinski definition) is 4. The van der Waals surface area contributed by atoms with Crippen molar-refractivity contribution in [2.45, 2.75) is 57.0 Å². The first-order valence-electron chi connectivity index (χ1n) is 10.1. The Labute approximate surface area is 157 Å². The van der Waals surface area contributed by atoms with E-state index >= 15 is 0 Å². The van der Waals surface area contributed by atoms with Crippen LogP contribution >= 0.6 is 0 Å². The summed E-state index contributed by atoms with van der Waals surface area (Å²) >= 11 is 0. The molecular weight excluding hydrogens is 324 g/mol. The zero-order chi connectivity index (χ0) is 18.6. The highest BCUT2D eigenvalue weighted by Gasteiger charge is 2.42. The summed E-state index contributed by atoms with van der Waals surface area (Å²) < 4.78 is 0. The zero-order valence-corrected chi connectivity index (χ0v) is 16.4. The van der Waals surface area contributed by atoms with Crippen LogP contribution < -0.4 is 16.2 Å². The smallest absolute Gasteiger partial charge is 0.230 e. The summed E-state index contributed by atoms with van der Waals surface area (Å²) in [6, 6.07) is 11.3. The molecule has 3 rings (SSSR count). The number of carbonyl (C=O) groups is 1. The molecule has 2 fully saturated rings. The molecule has 0 radical (unpaired) electrons. The largest absolute Gasteiger partial charge is 0.355 e. The van der Waals surface area contributed by atoms with Gasteiger partial charge in [0.2, 0.25) is 5.91 Å². The fourth-order valence-electron chi connectivity index (χ4n) is 4.52. The van der Waals surface area contributed by atoms with Gasteiger partial charge < -0.3 is 10.2 Å². The predicted octanol–water partition coefficient (Wildman–Crippen LogP) is 2.05. The summed E-state index contributed by atoms with van der Waals surface area (Å²) in [5.74, 6) is 0.832. The second kappa shape index (κ2) is 8.51. The molecule has 2 aliphatic rings. The third kappa shape index (κ3) is 4.11. The molecule has 2 heterocycles. The molecule has 5 nitrogen and oxygen atoms in total. The van der Waals surface area contributed by atoms with Gasteiger partial charge in [-0.25, -0.2) is 0 Å². The molecule has 0 saturated carbocycles. The summed E-state index contributed by atoms with van der Waals surface area (Å²) in [7, 11) is 2.14. The van der Waals surface area contributed by atoms with Crippen molar-refractivity contribution < 1.29 is 4.79 Å². The van der Waals surface area contributed by atoms with Crippen LogP contribution in [0.25, 0.3) is 0 Å². The van der Waals surface area contributed by atoms with E-state index in [1.165, 1.54) is 0 Å². The quantitative estimate of drug-likeness (QED) is 0.681. The maximum Gasteiger partial charge on any atom is 0.230 e. The highest BCUT2D eigenvalue weighted by atomic mass is 16.2. The third-order valence-electron chi connectivity index (χ3n) is 6.42. The van der Waals surface area contributed by atoms with E-state index < -0.39 is 0 Å². The molecule has 0 bridgehead atoms. The van der Waals surface area contributed by atoms with Crippen molar-refractivity contribution in [2.24, 2.45) is 5.92 Å². The van der Waals surface area contributed by atoms with Crippen molar-refractivity contribution in [2.75, 3.05) is 26.7 Å². The molecule has 1 amide bonds. The fourth-order valence-corrected chi connectivity index (χ4v) is 4.52. The molecule has 144 valence electrons. The summed E-state index contributed by atoms with van der Waals surface area (Å²) in [5, 5.41) is 3.26. The predicted molar refractivity (Wildman–Crippen MR) is 106 cm³/mol. The molecule has 1 aromatic rings. The van der Waals surface area contributed by atoms with Gasteiger partial charge in [-0.05, 0) is 71.1 Å². The van der Waals surface area contributed by atoms with E-state index in [4.69, 9.17) is 0 Å². The number of benzene rings is 1. The second-order valence-electron chi connectivity index (χ2n) is 8.18. The van der Waals surface area contributed by atoms with Crippen molar-refractivity contribution >= 4 is 5.91 Å². The van der Waals surface area contributed by atoms with Crippen LogP contribution in [0.5, 0.6) is 0 Å². The second-order valence-corrected chi connectivity index (χ2v) is 8.18. The molecule has 5 heteroatoms. The normalized spacial score (nSPS) is 28.8. The molecule has 2 atom stereocenters. The Morgan fingerprint density at radius 1 is 1.15 bits per heavy atom. The molecule has 0 aromatic heterocycles. The number of nitrogens with zero attached hydrogens (tertiary/aromatic N) is 1. The SMILES string of the molecule is CC1NNC(C)C1CCCNC(=O)C1(c2ccccc2)CCN(C)CC1. The highest BCUT2D eigenvalue weighted by molar-refractivity contribution is 5.88. The molecule has 0 aliphatic carbocycles. The van der Waals surface area contributed by atoms with Crippen molar-refractivity contribution in [3.8, 4) is 0 Å². The molecule has 3 N–H and O–H groups in total. The van der Waals surface area contributed by atoms with Crippen LogP contribution in [0, 0.1) is 5.92 Å². The van der Waals surface area contributed by atoms with Gasteiger partial charge in [0.15, 0.2) is 0 Å². The van der Waals surface area contributed by atoms with Crippen LogP contribution in [0.4, 0.5) is 0 Å². The lowest BCUT2D eigenvalue weighted by molar-refractivity contribution is -0.128. The van der Waals surface area contributed by atoms with Gasteiger partial charge in [-0.2, -0.15) is 0 Å². The summed E-state index contributed by atoms with van der Waals surface area (Å²) in [5.41, 5.74) is 7.41. The highest BCUT2D eigenvalue weighted by Crippen LogP contribution is 2.35. The maximum absolute atomic E-state index is 13.2. The molecule has 2 aliphatic heterocycles. The molecule has 2 saturated heterocycles. The van der Waals surface area contributed by atoms with E-state index in [0.717, 1.165) is 50.9 Å². The first-order valence-corrected chi connectivity index (χ1v) is 10.1. The lowest BCUT2D eigenvalue weighted by Crippen LogP contribution is -2.51. The Morgan fingerprint density at radius 2 is 1.77 bits per heavy atom. The molecular formula is C21H34N4O. The van der Waals surface area contributed by atoms with Gasteiger partial charge >= 0.3 is 0 Å². The van der Waals surface area contributed by atoms with E-state index in [9.17, 15) is 4.79 Å². The summed E-state index contributed by atoms with van der Waals surface area (Å²) in [6.07, 6.45) is 3.94. The van der Waals surface area contributed by atoms with Gasteiger partial charge in [0.05, 0.1) is 5.41 Å². The first kappa shape index (κ1) is 19.3. The van der Waals surface area contributed by atoms with Gasteiger partial charge in [0.25, 0.3) is 0 Å². The fraction of sp³-hybridized carbons (Fsp3) is 0.667. The molecule has 2 unspecified atom stereocenters. The Hall–Kier alpha value is -1.43. The van der Waals surface area contributed by atoms with E-state index in [0.29, 0.717) is 18.0 Å². The third-order valence-corrected chi connectivity index (χ3v) is 6.42. The van der Waals surface area contributed by atoms with Crippen LogP contribution in [-0.4, -0.2) is 49.6 Å². The van der Waals surface area contributed by atoms with E-state index in [1.807, 2.05) is 18.2 Å². The minimum absolute atomic E-state index is 0.209. The Kier molecular flexibility index (Phi) is 6.33. The molecule has 1 aromatic carbocycles. The van der Waals surface area contributed by atoms with E-state index in [-0.39, 0.29) is 11.3 Å². The number of hydrogen-bond donors (Lipinski definition) is 3. The van der Waals surface area contributed by atoms with E-state index in [2.05, 4.69) is 54.1 Å². The molecule has 0 spiro atoms. The van der Waals surface area contributed by atoms with Gasteiger partial charge in [0.1, 0.15) is 0 Å². The van der Waals surface area contributed by atoms with Crippen molar-refractivity contribution in [1.29, 1.82) is 0 Å². The average Bonchev–Trinajstić information content (AvgIpc) is 2.98. The van der Waals surface area contributed by atoms with Crippen LogP contribution in [0.1, 0.15) is 45.1 Å². The summed E-state index contributed by atoms with van der Waals surface area (Å²) in [4.78, 5) is 15.5.